The van der Waals surface area contributed by atoms with Gasteiger partial charge in [0.2, 0.25) is 0 Å². The fourth-order valence-electron chi connectivity index (χ4n) is 7.26. The number of hydrogen-bond acceptors (Lipinski definition) is 5. The number of ketones is 2. The van der Waals surface area contributed by atoms with Gasteiger partial charge in [0, 0.05) is 65.5 Å². The molecule has 224 valence electrons. The van der Waals surface area contributed by atoms with Crippen LogP contribution in [0, 0.1) is 10.8 Å². The Morgan fingerprint density at radius 1 is 0.837 bits per heavy atom. The van der Waals surface area contributed by atoms with Crippen LogP contribution in [0.25, 0.3) is 10.8 Å². The average molecular weight is 598 g/mol. The second-order valence-corrected chi connectivity index (χ2v) is 14.2. The number of carbonyl (C=O) groups excluding carboxylic acids is 2. The highest BCUT2D eigenvalue weighted by Crippen LogP contribution is 2.55. The van der Waals surface area contributed by atoms with Crippen LogP contribution in [0.1, 0.15) is 70.4 Å². The molecule has 0 atom stereocenters. The number of hydrogen-bond donors (Lipinski definition) is 0. The fraction of sp³-hybridized carbons (Fsp3) is 0.405. The van der Waals surface area contributed by atoms with Gasteiger partial charge in [0.05, 0.1) is 6.61 Å². The van der Waals surface area contributed by atoms with Crippen LogP contribution < -0.4 is 4.74 Å². The maximum absolute atomic E-state index is 14.2. The van der Waals surface area contributed by atoms with Crippen LogP contribution in [-0.2, 0) is 20.9 Å². The second kappa shape index (κ2) is 11.3. The van der Waals surface area contributed by atoms with Crippen molar-refractivity contribution in [2.24, 2.45) is 10.8 Å². The normalized spacial score (nSPS) is 20.0. The van der Waals surface area contributed by atoms with E-state index in [0.29, 0.717) is 54.5 Å². The summed E-state index contributed by atoms with van der Waals surface area (Å²) in [5.41, 5.74) is 4.89. The molecule has 0 N–H and O–H groups in total. The summed E-state index contributed by atoms with van der Waals surface area (Å²) >= 11 is 6.66. The van der Waals surface area contributed by atoms with Crippen LogP contribution in [0.15, 0.2) is 83.2 Å². The fourth-order valence-corrected chi connectivity index (χ4v) is 7.44. The smallest absolute Gasteiger partial charge is 0.162 e. The molecule has 0 aromatic heterocycles. The molecule has 43 heavy (non-hydrogen) atoms. The minimum atomic E-state index is -0.530. The van der Waals surface area contributed by atoms with Gasteiger partial charge >= 0.3 is 0 Å². The number of carbonyl (C=O) groups is 2. The summed E-state index contributed by atoms with van der Waals surface area (Å²) < 4.78 is 12.1. The van der Waals surface area contributed by atoms with Gasteiger partial charge in [-0.2, -0.15) is 0 Å². The van der Waals surface area contributed by atoms with E-state index >= 15 is 0 Å². The van der Waals surface area contributed by atoms with Crippen LogP contribution in [0.3, 0.4) is 0 Å². The number of ether oxygens (including phenoxy) is 2. The molecule has 0 amide bonds. The third kappa shape index (κ3) is 5.65. The van der Waals surface area contributed by atoms with Crippen LogP contribution in [0.5, 0.6) is 5.75 Å². The molecule has 3 aromatic carbocycles. The molecular formula is C37H40ClNO4. The number of allylic oxidation sites excluding steroid dienone is 4. The van der Waals surface area contributed by atoms with E-state index in [9.17, 15) is 9.59 Å². The monoisotopic (exact) mass is 597 g/mol. The van der Waals surface area contributed by atoms with Crippen molar-refractivity contribution in [1.82, 2.24) is 4.90 Å². The SMILES string of the molecule is COCCN1C2=C(C(=O)CC(C)(C)C2)C(c2cc(Cl)ccc2OCc2cccc3ccccc23)C2=C1CC(C)(C)CC2=O. The summed E-state index contributed by atoms with van der Waals surface area (Å²) in [6.45, 7) is 10.0. The van der Waals surface area contributed by atoms with E-state index in [1.807, 2.05) is 36.4 Å². The largest absolute Gasteiger partial charge is 0.489 e. The van der Waals surface area contributed by atoms with Crippen molar-refractivity contribution in [3.05, 3.63) is 99.4 Å². The van der Waals surface area contributed by atoms with Crippen LogP contribution in [0.2, 0.25) is 5.02 Å². The van der Waals surface area contributed by atoms with Gasteiger partial charge in [0.25, 0.3) is 0 Å². The highest BCUT2D eigenvalue weighted by atomic mass is 35.5. The number of Topliss-reactive ketones (excluding diaryl/α,β-unsaturated/α-hetero) is 2. The molecule has 0 unspecified atom stereocenters. The molecule has 0 saturated carbocycles. The first kappa shape index (κ1) is 29.7. The third-order valence-electron chi connectivity index (χ3n) is 9.09. The van der Waals surface area contributed by atoms with Gasteiger partial charge in [-0.15, -0.1) is 0 Å². The first-order chi connectivity index (χ1) is 20.5. The van der Waals surface area contributed by atoms with E-state index in [0.717, 1.165) is 46.1 Å². The zero-order valence-corrected chi connectivity index (χ0v) is 26.5. The Kier molecular flexibility index (Phi) is 7.76. The Hall–Kier alpha value is -3.41. The third-order valence-corrected chi connectivity index (χ3v) is 9.32. The van der Waals surface area contributed by atoms with Gasteiger partial charge in [-0.05, 0) is 58.2 Å². The molecule has 0 fully saturated rings. The van der Waals surface area contributed by atoms with E-state index < -0.39 is 5.92 Å². The van der Waals surface area contributed by atoms with Crippen LogP contribution >= 0.6 is 11.6 Å². The van der Waals surface area contributed by atoms with Crippen molar-refractivity contribution in [3.63, 3.8) is 0 Å². The predicted molar refractivity (Wildman–Crippen MR) is 171 cm³/mol. The zero-order valence-electron chi connectivity index (χ0n) is 25.8. The molecule has 0 saturated heterocycles. The second-order valence-electron chi connectivity index (χ2n) is 13.8. The molecule has 0 spiro atoms. The number of fused-ring (bicyclic) bond motifs is 1. The lowest BCUT2D eigenvalue weighted by Gasteiger charge is -2.49. The highest BCUT2D eigenvalue weighted by Gasteiger charge is 2.49. The molecule has 0 radical (unpaired) electrons. The predicted octanol–water partition coefficient (Wildman–Crippen LogP) is 8.40. The molecule has 3 aromatic rings. The van der Waals surface area contributed by atoms with Crippen molar-refractivity contribution < 1.29 is 19.1 Å². The van der Waals surface area contributed by atoms with Gasteiger partial charge in [0.15, 0.2) is 11.6 Å². The molecular weight excluding hydrogens is 558 g/mol. The first-order valence-corrected chi connectivity index (χ1v) is 15.5. The Bertz CT molecular complexity index is 1620. The number of methoxy groups -OCH3 is 1. The summed E-state index contributed by atoms with van der Waals surface area (Å²) in [5.74, 6) is 0.282. The van der Waals surface area contributed by atoms with E-state index in [1.54, 1.807) is 7.11 Å². The standard InChI is InChI=1S/C37H40ClNO4/c1-36(2)18-28-34(30(40)20-36)33(35-29(39(28)15-16-42-5)19-37(3,4)21-31(35)41)27-17-25(38)13-14-32(27)43-22-24-11-8-10-23-9-6-7-12-26(23)24/h6-14,17,33H,15-16,18-22H2,1-5H3. The van der Waals surface area contributed by atoms with Gasteiger partial charge in [-0.25, -0.2) is 0 Å². The average Bonchev–Trinajstić information content (AvgIpc) is 2.94. The first-order valence-electron chi connectivity index (χ1n) is 15.2. The van der Waals surface area contributed by atoms with Crippen molar-refractivity contribution >= 4 is 33.9 Å². The van der Waals surface area contributed by atoms with E-state index in [4.69, 9.17) is 21.1 Å². The summed E-state index contributed by atoms with van der Waals surface area (Å²) in [6.07, 6.45) is 2.34. The summed E-state index contributed by atoms with van der Waals surface area (Å²) in [4.78, 5) is 30.5. The lowest BCUT2D eigenvalue weighted by Crippen LogP contribution is -2.45. The maximum atomic E-state index is 14.2. The quantitative estimate of drug-likeness (QED) is 0.274. The Balaban J connectivity index is 1.52. The summed E-state index contributed by atoms with van der Waals surface area (Å²) in [7, 11) is 1.69. The lowest BCUT2D eigenvalue weighted by molar-refractivity contribution is -0.119. The molecule has 1 aliphatic heterocycles. The van der Waals surface area contributed by atoms with E-state index in [-0.39, 0.29) is 22.4 Å². The minimum absolute atomic E-state index is 0.0860. The Morgan fingerprint density at radius 2 is 1.47 bits per heavy atom. The zero-order chi connectivity index (χ0) is 30.5. The molecule has 3 aliphatic rings. The Labute approximate surface area is 259 Å². The van der Waals surface area contributed by atoms with Gasteiger partial charge in [-0.1, -0.05) is 81.8 Å². The van der Waals surface area contributed by atoms with Gasteiger partial charge in [-0.3, -0.25) is 9.59 Å². The Morgan fingerprint density at radius 3 is 2.12 bits per heavy atom. The highest BCUT2D eigenvalue weighted by molar-refractivity contribution is 6.30. The maximum Gasteiger partial charge on any atom is 0.162 e. The number of halogens is 1. The molecule has 6 rings (SSSR count). The van der Waals surface area contributed by atoms with Gasteiger partial charge in [0.1, 0.15) is 12.4 Å². The number of rotatable bonds is 7. The number of benzene rings is 3. The van der Waals surface area contributed by atoms with Crippen molar-refractivity contribution in [1.29, 1.82) is 0 Å². The topological polar surface area (TPSA) is 55.8 Å². The summed E-state index contributed by atoms with van der Waals surface area (Å²) in [5, 5.41) is 2.83. The molecule has 1 heterocycles. The minimum Gasteiger partial charge on any atom is -0.489 e. The van der Waals surface area contributed by atoms with Crippen LogP contribution in [0.4, 0.5) is 0 Å². The molecule has 5 nitrogen and oxygen atoms in total. The van der Waals surface area contributed by atoms with Gasteiger partial charge < -0.3 is 14.4 Å². The van der Waals surface area contributed by atoms with Crippen molar-refractivity contribution in [3.8, 4) is 5.75 Å². The molecule has 6 heteroatoms. The van der Waals surface area contributed by atoms with E-state index in [2.05, 4.69) is 56.9 Å². The molecule has 2 aliphatic carbocycles. The summed E-state index contributed by atoms with van der Waals surface area (Å²) in [6, 6.07) is 20.1. The number of nitrogens with zero attached hydrogens (tertiary/aromatic N) is 1. The van der Waals surface area contributed by atoms with Crippen molar-refractivity contribution in [2.45, 2.75) is 65.9 Å². The lowest BCUT2D eigenvalue weighted by atomic mass is 9.63. The molecule has 0 bridgehead atoms. The van der Waals surface area contributed by atoms with Crippen LogP contribution in [-0.4, -0.2) is 36.7 Å². The van der Waals surface area contributed by atoms with E-state index in [1.165, 1.54) is 0 Å². The van der Waals surface area contributed by atoms with Crippen molar-refractivity contribution in [2.75, 3.05) is 20.3 Å².